The molecule has 0 bridgehead atoms. The van der Waals surface area contributed by atoms with E-state index in [1.165, 1.54) is 5.56 Å². The van der Waals surface area contributed by atoms with E-state index in [4.69, 9.17) is 9.47 Å². The Kier molecular flexibility index (Phi) is 8.39. The van der Waals surface area contributed by atoms with Gasteiger partial charge in [-0.15, -0.1) is 0 Å². The Balaban J connectivity index is 1.68. The van der Waals surface area contributed by atoms with Crippen LogP contribution in [0.1, 0.15) is 32.8 Å². The first-order valence-corrected chi connectivity index (χ1v) is 9.64. The highest BCUT2D eigenvalue weighted by Gasteiger charge is 2.21. The number of esters is 1. The van der Waals surface area contributed by atoms with Gasteiger partial charge in [0.1, 0.15) is 5.75 Å². The second kappa shape index (κ2) is 10.8. The van der Waals surface area contributed by atoms with E-state index in [2.05, 4.69) is 22.3 Å². The number of hydrogen-bond donors (Lipinski definition) is 1. The van der Waals surface area contributed by atoms with Gasteiger partial charge in [-0.1, -0.05) is 12.1 Å². The first-order chi connectivity index (χ1) is 13.0. The molecule has 1 N–H and O–H groups in total. The highest BCUT2D eigenvalue weighted by molar-refractivity contribution is 5.75. The van der Waals surface area contributed by atoms with Crippen LogP contribution in [-0.2, 0) is 16.1 Å². The monoisotopic (exact) mass is 377 g/mol. The van der Waals surface area contributed by atoms with Gasteiger partial charge in [0.2, 0.25) is 0 Å². The number of hydrogen-bond acceptors (Lipinski definition) is 5. The van der Waals surface area contributed by atoms with Crippen LogP contribution >= 0.6 is 0 Å². The molecule has 7 heteroatoms. The summed E-state index contributed by atoms with van der Waals surface area (Å²) < 4.78 is 10.5. The highest BCUT2D eigenvalue weighted by Crippen LogP contribution is 2.16. The van der Waals surface area contributed by atoms with Gasteiger partial charge in [-0.3, -0.25) is 9.69 Å². The van der Waals surface area contributed by atoms with Crippen molar-refractivity contribution >= 4 is 12.0 Å². The zero-order valence-corrected chi connectivity index (χ0v) is 16.6. The molecule has 0 saturated carbocycles. The van der Waals surface area contributed by atoms with Crippen molar-refractivity contribution in [1.29, 1.82) is 0 Å². The first kappa shape index (κ1) is 21.0. The van der Waals surface area contributed by atoms with E-state index in [-0.39, 0.29) is 24.5 Å². The van der Waals surface area contributed by atoms with E-state index < -0.39 is 0 Å². The van der Waals surface area contributed by atoms with E-state index in [9.17, 15) is 9.59 Å². The lowest BCUT2D eigenvalue weighted by Gasteiger charge is -2.34. The minimum absolute atomic E-state index is 0.117. The lowest BCUT2D eigenvalue weighted by molar-refractivity contribution is -0.142. The van der Waals surface area contributed by atoms with Gasteiger partial charge in [0.05, 0.1) is 19.1 Å². The fourth-order valence-electron chi connectivity index (χ4n) is 2.93. The Morgan fingerprint density at radius 2 is 1.78 bits per heavy atom. The number of rotatable bonds is 8. The number of nitrogens with zero attached hydrogens (tertiary/aromatic N) is 2. The van der Waals surface area contributed by atoms with E-state index in [1.54, 1.807) is 11.8 Å². The highest BCUT2D eigenvalue weighted by atomic mass is 16.5. The van der Waals surface area contributed by atoms with Crippen molar-refractivity contribution in [2.75, 3.05) is 39.3 Å². The van der Waals surface area contributed by atoms with Crippen molar-refractivity contribution in [2.24, 2.45) is 0 Å². The third-order valence-electron chi connectivity index (χ3n) is 4.27. The van der Waals surface area contributed by atoms with E-state index >= 15 is 0 Å². The number of nitrogens with one attached hydrogen (secondary N) is 1. The number of benzene rings is 1. The number of carbonyl (C=O) groups excluding carboxylic acids is 2. The van der Waals surface area contributed by atoms with Crippen LogP contribution in [0.5, 0.6) is 5.75 Å². The van der Waals surface area contributed by atoms with Crippen LogP contribution in [0.15, 0.2) is 24.3 Å². The van der Waals surface area contributed by atoms with E-state index in [0.717, 1.165) is 25.4 Å². The van der Waals surface area contributed by atoms with Crippen molar-refractivity contribution in [2.45, 2.75) is 39.8 Å². The fourth-order valence-corrected chi connectivity index (χ4v) is 2.93. The SMILES string of the molecule is CCOC(=O)CCNC(=O)N1CCN(Cc2ccc(OC(C)C)cc2)CC1. The predicted octanol–water partition coefficient (Wildman–Crippen LogP) is 2.25. The molecule has 27 heavy (non-hydrogen) atoms. The number of urea groups is 1. The minimum atomic E-state index is -0.285. The molecule has 1 saturated heterocycles. The maximum atomic E-state index is 12.2. The fraction of sp³-hybridized carbons (Fsp3) is 0.600. The topological polar surface area (TPSA) is 71.1 Å². The summed E-state index contributed by atoms with van der Waals surface area (Å²) in [5, 5.41) is 2.78. The summed E-state index contributed by atoms with van der Waals surface area (Å²) in [4.78, 5) is 27.6. The second-order valence-corrected chi connectivity index (χ2v) is 6.86. The van der Waals surface area contributed by atoms with Crippen molar-refractivity contribution in [1.82, 2.24) is 15.1 Å². The molecule has 1 heterocycles. The Hall–Kier alpha value is -2.28. The normalized spacial score (nSPS) is 14.9. The summed E-state index contributed by atoms with van der Waals surface area (Å²) in [7, 11) is 0. The molecule has 1 fully saturated rings. The molecule has 0 aromatic heterocycles. The van der Waals surface area contributed by atoms with Gasteiger partial charge in [0, 0.05) is 39.3 Å². The first-order valence-electron chi connectivity index (χ1n) is 9.64. The summed E-state index contributed by atoms with van der Waals surface area (Å²) in [6.07, 6.45) is 0.378. The quantitative estimate of drug-likeness (QED) is 0.704. The molecular weight excluding hydrogens is 346 g/mol. The molecule has 1 aliphatic rings. The second-order valence-electron chi connectivity index (χ2n) is 6.86. The molecule has 1 aromatic carbocycles. The molecule has 0 unspecified atom stereocenters. The van der Waals surface area contributed by atoms with Crippen LogP contribution in [0, 0.1) is 0 Å². The van der Waals surface area contributed by atoms with Gasteiger partial charge in [-0.2, -0.15) is 0 Å². The molecule has 2 rings (SSSR count). The maximum Gasteiger partial charge on any atom is 0.317 e. The van der Waals surface area contributed by atoms with Crippen LogP contribution < -0.4 is 10.1 Å². The number of ether oxygens (including phenoxy) is 2. The zero-order valence-electron chi connectivity index (χ0n) is 16.6. The summed E-state index contributed by atoms with van der Waals surface area (Å²) in [5.74, 6) is 0.602. The van der Waals surface area contributed by atoms with E-state index in [1.807, 2.05) is 26.0 Å². The van der Waals surface area contributed by atoms with Crippen molar-refractivity contribution in [3.05, 3.63) is 29.8 Å². The van der Waals surface area contributed by atoms with Crippen LogP contribution in [0.25, 0.3) is 0 Å². The average Bonchev–Trinajstić information content (AvgIpc) is 2.63. The summed E-state index contributed by atoms with van der Waals surface area (Å²) in [6, 6.07) is 8.07. The number of carbonyl (C=O) groups is 2. The summed E-state index contributed by atoms with van der Waals surface area (Å²) >= 11 is 0. The Labute approximate surface area is 161 Å². The maximum absolute atomic E-state index is 12.2. The van der Waals surface area contributed by atoms with Crippen LogP contribution in [0.2, 0.25) is 0 Å². The van der Waals surface area contributed by atoms with Crippen molar-refractivity contribution in [3.63, 3.8) is 0 Å². The number of piperazine rings is 1. The van der Waals surface area contributed by atoms with Gasteiger partial charge in [0.25, 0.3) is 0 Å². The molecule has 0 radical (unpaired) electrons. The smallest absolute Gasteiger partial charge is 0.317 e. The van der Waals surface area contributed by atoms with Gasteiger partial charge in [-0.25, -0.2) is 4.79 Å². The third kappa shape index (κ3) is 7.46. The molecule has 0 atom stereocenters. The summed E-state index contributed by atoms with van der Waals surface area (Å²) in [5.41, 5.74) is 1.23. The summed E-state index contributed by atoms with van der Waals surface area (Å²) in [6.45, 7) is 10.3. The molecule has 2 amide bonds. The lowest BCUT2D eigenvalue weighted by Crippen LogP contribution is -2.51. The van der Waals surface area contributed by atoms with Gasteiger partial charge < -0.3 is 19.7 Å². The average molecular weight is 377 g/mol. The Morgan fingerprint density at radius 1 is 1.11 bits per heavy atom. The third-order valence-corrected chi connectivity index (χ3v) is 4.27. The van der Waals surface area contributed by atoms with Gasteiger partial charge >= 0.3 is 12.0 Å². The predicted molar refractivity (Wildman–Crippen MR) is 104 cm³/mol. The van der Waals surface area contributed by atoms with Crippen molar-refractivity contribution in [3.8, 4) is 5.75 Å². The molecule has 1 aromatic rings. The number of amides is 2. The van der Waals surface area contributed by atoms with Crippen molar-refractivity contribution < 1.29 is 19.1 Å². The molecule has 0 aliphatic carbocycles. The minimum Gasteiger partial charge on any atom is -0.491 e. The zero-order chi connectivity index (χ0) is 19.6. The van der Waals surface area contributed by atoms with E-state index in [0.29, 0.717) is 26.2 Å². The Morgan fingerprint density at radius 3 is 2.37 bits per heavy atom. The standard InChI is InChI=1S/C20H31N3O4/c1-4-26-19(24)9-10-21-20(25)23-13-11-22(12-14-23)15-17-5-7-18(8-6-17)27-16(2)3/h5-8,16H,4,9-15H2,1-3H3,(H,21,25). The molecule has 150 valence electrons. The molecular formula is C20H31N3O4. The Bertz CT molecular complexity index is 596. The molecule has 7 nitrogen and oxygen atoms in total. The van der Waals surface area contributed by atoms with Crippen LogP contribution in [-0.4, -0.2) is 67.2 Å². The van der Waals surface area contributed by atoms with Gasteiger partial charge in [-0.05, 0) is 38.5 Å². The van der Waals surface area contributed by atoms with Gasteiger partial charge in [0.15, 0.2) is 0 Å². The largest absolute Gasteiger partial charge is 0.491 e. The molecule has 1 aliphatic heterocycles. The van der Waals surface area contributed by atoms with Crippen LogP contribution in [0.4, 0.5) is 4.79 Å². The lowest BCUT2D eigenvalue weighted by atomic mass is 10.2. The molecule has 0 spiro atoms. The van der Waals surface area contributed by atoms with Crippen LogP contribution in [0.3, 0.4) is 0 Å².